The predicted octanol–water partition coefficient (Wildman–Crippen LogP) is 5.01. The standard InChI is InChI=1S/C24H23NOS/c1-18(2)25-22(26)23(19-12-6-3-7-13-19,20-14-8-4-9-15-20)24(25,27)21-16-10-5-11-17-21/h3-18,27H,1-2H3. The molecular weight excluding hydrogens is 350 g/mol. The number of hydrogen-bond donors (Lipinski definition) is 1. The van der Waals surface area contributed by atoms with Gasteiger partial charge in [0.05, 0.1) is 0 Å². The maximum atomic E-state index is 13.8. The van der Waals surface area contributed by atoms with Crippen LogP contribution in [0.3, 0.4) is 0 Å². The second-order valence-electron chi connectivity index (χ2n) is 7.29. The fourth-order valence-corrected chi connectivity index (χ4v) is 5.26. The molecule has 2 nitrogen and oxygen atoms in total. The van der Waals surface area contributed by atoms with E-state index in [1.54, 1.807) is 0 Å². The average molecular weight is 374 g/mol. The summed E-state index contributed by atoms with van der Waals surface area (Å²) in [7, 11) is 0. The Morgan fingerprint density at radius 1 is 0.704 bits per heavy atom. The Kier molecular flexibility index (Phi) is 4.35. The summed E-state index contributed by atoms with van der Waals surface area (Å²) in [6.07, 6.45) is 0. The lowest BCUT2D eigenvalue weighted by Gasteiger charge is -2.65. The zero-order chi connectivity index (χ0) is 19.1. The van der Waals surface area contributed by atoms with Crippen molar-refractivity contribution in [2.24, 2.45) is 0 Å². The molecule has 0 N–H and O–H groups in total. The van der Waals surface area contributed by atoms with E-state index in [0.717, 1.165) is 16.7 Å². The van der Waals surface area contributed by atoms with E-state index in [0.29, 0.717) is 0 Å². The number of rotatable bonds is 4. The van der Waals surface area contributed by atoms with Crippen LogP contribution in [0.5, 0.6) is 0 Å². The van der Waals surface area contributed by atoms with E-state index in [-0.39, 0.29) is 11.9 Å². The summed E-state index contributed by atoms with van der Waals surface area (Å²) in [5.74, 6) is 0.0914. The van der Waals surface area contributed by atoms with Gasteiger partial charge in [-0.05, 0) is 30.5 Å². The number of benzene rings is 3. The molecule has 1 aliphatic heterocycles. The first kappa shape index (κ1) is 17.9. The molecule has 4 rings (SSSR count). The summed E-state index contributed by atoms with van der Waals surface area (Å²) < 4.78 is 0. The number of hydrogen-bond acceptors (Lipinski definition) is 2. The van der Waals surface area contributed by atoms with Gasteiger partial charge in [-0.25, -0.2) is 0 Å². The molecule has 0 aromatic heterocycles. The van der Waals surface area contributed by atoms with E-state index in [1.165, 1.54) is 0 Å². The molecule has 0 bridgehead atoms. The maximum absolute atomic E-state index is 13.8. The van der Waals surface area contributed by atoms with Crippen LogP contribution in [-0.2, 0) is 15.1 Å². The van der Waals surface area contributed by atoms with Crippen LogP contribution in [0.4, 0.5) is 0 Å². The minimum Gasteiger partial charge on any atom is -0.319 e. The average Bonchev–Trinajstić information content (AvgIpc) is 2.70. The van der Waals surface area contributed by atoms with Crippen LogP contribution in [-0.4, -0.2) is 16.8 Å². The van der Waals surface area contributed by atoms with Gasteiger partial charge in [0.2, 0.25) is 5.91 Å². The van der Waals surface area contributed by atoms with E-state index in [9.17, 15) is 4.79 Å². The summed E-state index contributed by atoms with van der Waals surface area (Å²) in [4.78, 5) is 14.9. The van der Waals surface area contributed by atoms with Crippen LogP contribution in [0.25, 0.3) is 0 Å². The maximum Gasteiger partial charge on any atom is 0.243 e. The highest BCUT2D eigenvalue weighted by molar-refractivity contribution is 7.81. The SMILES string of the molecule is CC(C)N1C(=O)C(c2ccccc2)(c2ccccc2)C1(S)c1ccccc1. The zero-order valence-corrected chi connectivity index (χ0v) is 16.4. The van der Waals surface area contributed by atoms with Crippen LogP contribution < -0.4 is 0 Å². The fraction of sp³-hybridized carbons (Fsp3) is 0.208. The molecule has 0 spiro atoms. The Labute approximate surface area is 166 Å². The fourth-order valence-electron chi connectivity index (χ4n) is 4.43. The van der Waals surface area contributed by atoms with E-state index in [4.69, 9.17) is 12.6 Å². The van der Waals surface area contributed by atoms with Crippen LogP contribution in [0, 0.1) is 0 Å². The molecule has 0 saturated carbocycles. The number of thiol groups is 1. The molecule has 0 radical (unpaired) electrons. The third kappa shape index (κ3) is 2.31. The van der Waals surface area contributed by atoms with Gasteiger partial charge in [-0.1, -0.05) is 91.0 Å². The molecule has 1 heterocycles. The van der Waals surface area contributed by atoms with Gasteiger partial charge in [0.1, 0.15) is 10.3 Å². The lowest BCUT2D eigenvalue weighted by molar-refractivity contribution is -0.166. The molecule has 3 heteroatoms. The molecule has 1 unspecified atom stereocenters. The second-order valence-corrected chi connectivity index (χ2v) is 7.94. The smallest absolute Gasteiger partial charge is 0.243 e. The van der Waals surface area contributed by atoms with Crippen molar-refractivity contribution in [3.05, 3.63) is 108 Å². The molecule has 3 aromatic rings. The molecule has 27 heavy (non-hydrogen) atoms. The van der Waals surface area contributed by atoms with Gasteiger partial charge in [-0.3, -0.25) is 4.79 Å². The lowest BCUT2D eigenvalue weighted by atomic mass is 9.58. The van der Waals surface area contributed by atoms with E-state index >= 15 is 0 Å². The summed E-state index contributed by atoms with van der Waals surface area (Å²) in [6.45, 7) is 4.09. The quantitative estimate of drug-likeness (QED) is 0.504. The van der Waals surface area contributed by atoms with Crippen molar-refractivity contribution in [3.63, 3.8) is 0 Å². The third-order valence-electron chi connectivity index (χ3n) is 5.52. The van der Waals surface area contributed by atoms with Crippen LogP contribution in [0.2, 0.25) is 0 Å². The lowest BCUT2D eigenvalue weighted by Crippen LogP contribution is -2.77. The first-order chi connectivity index (χ1) is 13.0. The van der Waals surface area contributed by atoms with Crippen LogP contribution >= 0.6 is 12.6 Å². The van der Waals surface area contributed by atoms with Crippen LogP contribution in [0.15, 0.2) is 91.0 Å². The van der Waals surface area contributed by atoms with Crippen molar-refractivity contribution in [1.82, 2.24) is 4.90 Å². The Hall–Kier alpha value is -2.52. The molecule has 1 aliphatic rings. The predicted molar refractivity (Wildman–Crippen MR) is 113 cm³/mol. The monoisotopic (exact) mass is 373 g/mol. The van der Waals surface area contributed by atoms with Crippen LogP contribution in [0.1, 0.15) is 30.5 Å². The van der Waals surface area contributed by atoms with Crippen molar-refractivity contribution in [1.29, 1.82) is 0 Å². The van der Waals surface area contributed by atoms with Gasteiger partial charge in [0.15, 0.2) is 0 Å². The molecule has 3 aromatic carbocycles. The first-order valence-electron chi connectivity index (χ1n) is 9.27. The van der Waals surface area contributed by atoms with Gasteiger partial charge >= 0.3 is 0 Å². The Bertz CT molecular complexity index is 900. The zero-order valence-electron chi connectivity index (χ0n) is 15.5. The molecular formula is C24H23NOS. The molecule has 1 saturated heterocycles. The number of amides is 1. The van der Waals surface area contributed by atoms with Crippen molar-refractivity contribution in [3.8, 4) is 0 Å². The summed E-state index contributed by atoms with van der Waals surface area (Å²) >= 11 is 5.27. The van der Waals surface area contributed by atoms with Gasteiger partial charge in [-0.15, -0.1) is 12.6 Å². The second kappa shape index (κ2) is 6.58. The number of carbonyl (C=O) groups excluding carboxylic acids is 1. The largest absolute Gasteiger partial charge is 0.319 e. The summed E-state index contributed by atoms with van der Waals surface area (Å²) in [5, 5.41) is 0. The Balaban J connectivity index is 2.07. The van der Waals surface area contributed by atoms with E-state index < -0.39 is 10.3 Å². The minimum absolute atomic E-state index is 0.0377. The highest BCUT2D eigenvalue weighted by Crippen LogP contribution is 2.62. The molecule has 1 amide bonds. The molecule has 136 valence electrons. The number of β-lactam (4-membered cyclic amide) rings is 1. The third-order valence-corrected chi connectivity index (χ3v) is 6.33. The van der Waals surface area contributed by atoms with E-state index in [2.05, 4.69) is 12.1 Å². The first-order valence-corrected chi connectivity index (χ1v) is 9.72. The van der Waals surface area contributed by atoms with Gasteiger partial charge in [0, 0.05) is 6.04 Å². The number of carbonyl (C=O) groups is 1. The summed E-state index contributed by atoms with van der Waals surface area (Å²) in [6, 6.07) is 30.3. The van der Waals surface area contributed by atoms with Crippen molar-refractivity contribution in [2.45, 2.75) is 30.2 Å². The molecule has 0 aliphatic carbocycles. The Morgan fingerprint density at radius 2 is 1.07 bits per heavy atom. The highest BCUT2D eigenvalue weighted by Gasteiger charge is 2.72. The highest BCUT2D eigenvalue weighted by atomic mass is 32.1. The number of nitrogens with zero attached hydrogens (tertiary/aromatic N) is 1. The van der Waals surface area contributed by atoms with Gasteiger partial charge in [-0.2, -0.15) is 0 Å². The van der Waals surface area contributed by atoms with E-state index in [1.807, 2.05) is 97.6 Å². The van der Waals surface area contributed by atoms with Crippen molar-refractivity contribution < 1.29 is 4.79 Å². The number of likely N-dealkylation sites (tertiary alicyclic amines) is 1. The normalized spacial score (nSPS) is 21.2. The minimum atomic E-state index is -0.871. The van der Waals surface area contributed by atoms with Crippen molar-refractivity contribution >= 4 is 18.5 Å². The van der Waals surface area contributed by atoms with Gasteiger partial charge < -0.3 is 4.90 Å². The van der Waals surface area contributed by atoms with Gasteiger partial charge in [0.25, 0.3) is 0 Å². The molecule has 1 atom stereocenters. The van der Waals surface area contributed by atoms with Crippen molar-refractivity contribution in [2.75, 3.05) is 0 Å². The molecule has 1 fully saturated rings. The topological polar surface area (TPSA) is 20.3 Å². The Morgan fingerprint density at radius 3 is 1.44 bits per heavy atom. The summed E-state index contributed by atoms with van der Waals surface area (Å²) in [5.41, 5.74) is 2.09.